The molecule has 26 heavy (non-hydrogen) atoms. The van der Waals surface area contributed by atoms with Crippen LogP contribution in [0.1, 0.15) is 28.6 Å². The zero-order chi connectivity index (χ0) is 18.4. The first-order valence-corrected chi connectivity index (χ1v) is 8.70. The van der Waals surface area contributed by atoms with Crippen molar-refractivity contribution >= 4 is 23.2 Å². The molecule has 0 saturated carbocycles. The van der Waals surface area contributed by atoms with Crippen molar-refractivity contribution in [2.75, 3.05) is 4.90 Å². The molecule has 1 amide bonds. The zero-order valence-corrected chi connectivity index (χ0v) is 15.2. The Morgan fingerprint density at radius 2 is 1.85 bits per heavy atom. The van der Waals surface area contributed by atoms with Gasteiger partial charge < -0.3 is 9.47 Å². The lowest BCUT2D eigenvalue weighted by atomic mass is 10.1. The monoisotopic (exact) mass is 369 g/mol. The summed E-state index contributed by atoms with van der Waals surface area (Å²) in [6.07, 6.45) is 1.61. The van der Waals surface area contributed by atoms with Gasteiger partial charge in [-0.25, -0.2) is 9.37 Å². The highest BCUT2D eigenvalue weighted by molar-refractivity contribution is 6.29. The predicted molar refractivity (Wildman–Crippen MR) is 98.9 cm³/mol. The number of hydrogen-bond donors (Lipinski definition) is 0. The first kappa shape index (κ1) is 16.8. The van der Waals surface area contributed by atoms with E-state index in [0.29, 0.717) is 16.4 Å². The summed E-state index contributed by atoms with van der Waals surface area (Å²) in [5.41, 5.74) is 3.74. The van der Waals surface area contributed by atoms with Gasteiger partial charge in [-0.3, -0.25) is 4.79 Å². The van der Waals surface area contributed by atoms with Crippen LogP contribution in [0.3, 0.4) is 0 Å². The fourth-order valence-corrected chi connectivity index (χ4v) is 3.72. The van der Waals surface area contributed by atoms with Crippen molar-refractivity contribution in [1.29, 1.82) is 0 Å². The van der Waals surface area contributed by atoms with Crippen molar-refractivity contribution < 1.29 is 9.18 Å². The van der Waals surface area contributed by atoms with Crippen LogP contribution >= 0.6 is 11.6 Å². The lowest BCUT2D eigenvalue weighted by Crippen LogP contribution is -2.31. The number of pyridine rings is 1. The molecule has 0 N–H and O–H groups in total. The largest absolute Gasteiger partial charge is 0.333 e. The van der Waals surface area contributed by atoms with Crippen molar-refractivity contribution in [3.8, 4) is 0 Å². The lowest BCUT2D eigenvalue weighted by molar-refractivity contribution is -0.120. The van der Waals surface area contributed by atoms with E-state index in [1.54, 1.807) is 24.4 Å². The number of carbonyl (C=O) groups excluding carboxylic acids is 1. The van der Waals surface area contributed by atoms with Gasteiger partial charge in [0.05, 0.1) is 12.2 Å². The smallest absolute Gasteiger partial charge is 0.255 e. The minimum absolute atomic E-state index is 0.151. The van der Waals surface area contributed by atoms with Gasteiger partial charge in [0.25, 0.3) is 5.91 Å². The Bertz CT molecular complexity index is 977. The van der Waals surface area contributed by atoms with Gasteiger partial charge in [0.15, 0.2) is 0 Å². The van der Waals surface area contributed by atoms with Crippen molar-refractivity contribution in [3.63, 3.8) is 0 Å². The second-order valence-corrected chi connectivity index (χ2v) is 6.87. The predicted octanol–water partition coefficient (Wildman–Crippen LogP) is 4.43. The van der Waals surface area contributed by atoms with Crippen LogP contribution in [-0.2, 0) is 11.3 Å². The average Bonchev–Trinajstić information content (AvgIpc) is 3.08. The second-order valence-electron chi connectivity index (χ2n) is 6.48. The van der Waals surface area contributed by atoms with Crippen LogP contribution in [0.4, 0.5) is 10.1 Å². The molecule has 0 spiro atoms. The maximum Gasteiger partial charge on any atom is 0.255 e. The minimum atomic E-state index is -0.559. The van der Waals surface area contributed by atoms with Crippen molar-refractivity contribution in [2.45, 2.75) is 26.4 Å². The van der Waals surface area contributed by atoms with Crippen LogP contribution in [0.5, 0.6) is 0 Å². The van der Waals surface area contributed by atoms with Crippen LogP contribution in [0.2, 0.25) is 5.15 Å². The van der Waals surface area contributed by atoms with E-state index in [-0.39, 0.29) is 12.5 Å². The van der Waals surface area contributed by atoms with E-state index in [2.05, 4.69) is 4.98 Å². The number of anilines is 1. The summed E-state index contributed by atoms with van der Waals surface area (Å²) < 4.78 is 16.6. The molecule has 132 valence electrons. The van der Waals surface area contributed by atoms with E-state index < -0.39 is 11.9 Å². The molecule has 0 radical (unpaired) electrons. The summed E-state index contributed by atoms with van der Waals surface area (Å²) >= 11 is 5.83. The van der Waals surface area contributed by atoms with Gasteiger partial charge in [-0.05, 0) is 43.7 Å². The molecular weight excluding hydrogens is 353 g/mol. The summed E-state index contributed by atoms with van der Waals surface area (Å²) in [6.45, 7) is 4.14. The van der Waals surface area contributed by atoms with Crippen molar-refractivity contribution in [1.82, 2.24) is 9.55 Å². The molecule has 0 saturated heterocycles. The molecule has 2 aromatic heterocycles. The quantitative estimate of drug-likeness (QED) is 0.640. The first-order valence-electron chi connectivity index (χ1n) is 8.32. The SMILES string of the molecule is Cc1ccc(C)n1C1C(=O)N(Cc2ccc(Cl)nc2)c2c(F)cccc21. The summed E-state index contributed by atoms with van der Waals surface area (Å²) in [7, 11) is 0. The van der Waals surface area contributed by atoms with Gasteiger partial charge >= 0.3 is 0 Å². The highest BCUT2D eigenvalue weighted by atomic mass is 35.5. The maximum atomic E-state index is 14.7. The summed E-state index contributed by atoms with van der Waals surface area (Å²) in [4.78, 5) is 18.8. The Labute approximate surface area is 155 Å². The van der Waals surface area contributed by atoms with Gasteiger partial charge in [0.2, 0.25) is 0 Å². The topological polar surface area (TPSA) is 38.1 Å². The fraction of sp³-hybridized carbons (Fsp3) is 0.200. The molecule has 1 aliphatic rings. The Morgan fingerprint density at radius 1 is 1.12 bits per heavy atom. The first-order chi connectivity index (χ1) is 12.5. The zero-order valence-electron chi connectivity index (χ0n) is 14.4. The van der Waals surface area contributed by atoms with Gasteiger partial charge in [0, 0.05) is 23.1 Å². The van der Waals surface area contributed by atoms with Crippen LogP contribution in [0.25, 0.3) is 0 Å². The highest BCUT2D eigenvalue weighted by Crippen LogP contribution is 2.42. The molecule has 1 aliphatic heterocycles. The Kier molecular flexibility index (Phi) is 4.04. The molecule has 1 aromatic carbocycles. The number of hydrogen-bond acceptors (Lipinski definition) is 2. The minimum Gasteiger partial charge on any atom is -0.333 e. The molecule has 0 bridgehead atoms. The second kappa shape index (κ2) is 6.25. The van der Waals surface area contributed by atoms with Crippen LogP contribution < -0.4 is 4.90 Å². The van der Waals surface area contributed by atoms with E-state index in [0.717, 1.165) is 17.0 Å². The molecular formula is C20H17ClFN3O. The Hall–Kier alpha value is -2.66. The number of aryl methyl sites for hydroxylation is 2. The third-order valence-electron chi connectivity index (χ3n) is 4.80. The van der Waals surface area contributed by atoms with E-state index in [4.69, 9.17) is 11.6 Å². The number of carbonyl (C=O) groups is 1. The average molecular weight is 370 g/mol. The molecule has 0 aliphatic carbocycles. The van der Waals surface area contributed by atoms with Gasteiger partial charge in [0.1, 0.15) is 17.0 Å². The van der Waals surface area contributed by atoms with Crippen LogP contribution in [0, 0.1) is 19.7 Å². The number of halogens is 2. The van der Waals surface area contributed by atoms with Gasteiger partial charge in [-0.1, -0.05) is 29.8 Å². The van der Waals surface area contributed by atoms with Gasteiger partial charge in [-0.2, -0.15) is 0 Å². The number of para-hydroxylation sites is 1. The Morgan fingerprint density at radius 3 is 2.50 bits per heavy atom. The standard InChI is InChI=1S/C20H17ClFN3O/c1-12-6-7-13(2)25(12)19-15-4-3-5-16(22)18(15)24(20(19)26)11-14-8-9-17(21)23-10-14/h3-10,19H,11H2,1-2H3. The fourth-order valence-electron chi connectivity index (χ4n) is 3.60. The summed E-state index contributed by atoms with van der Waals surface area (Å²) in [5, 5.41) is 0.379. The lowest BCUT2D eigenvalue weighted by Gasteiger charge is -2.20. The Balaban J connectivity index is 1.82. The number of fused-ring (bicyclic) bond motifs is 1. The van der Waals surface area contributed by atoms with E-state index in [9.17, 15) is 9.18 Å². The van der Waals surface area contributed by atoms with E-state index in [1.165, 1.54) is 11.0 Å². The highest BCUT2D eigenvalue weighted by Gasteiger charge is 2.41. The van der Waals surface area contributed by atoms with Crippen LogP contribution in [0.15, 0.2) is 48.7 Å². The third kappa shape index (κ3) is 2.59. The van der Waals surface area contributed by atoms with Gasteiger partial charge in [-0.15, -0.1) is 0 Å². The number of amides is 1. The third-order valence-corrected chi connectivity index (χ3v) is 5.02. The molecule has 1 atom stereocenters. The molecule has 4 nitrogen and oxygen atoms in total. The number of nitrogens with zero attached hydrogens (tertiary/aromatic N) is 3. The molecule has 3 heterocycles. The maximum absolute atomic E-state index is 14.7. The number of rotatable bonds is 3. The molecule has 6 heteroatoms. The number of aromatic nitrogens is 2. The molecule has 0 fully saturated rings. The molecule has 3 aromatic rings. The summed E-state index contributed by atoms with van der Waals surface area (Å²) in [6, 6.07) is 11.7. The van der Waals surface area contributed by atoms with Crippen LogP contribution in [-0.4, -0.2) is 15.5 Å². The van der Waals surface area contributed by atoms with Crippen molar-refractivity contribution in [3.05, 3.63) is 82.1 Å². The van der Waals surface area contributed by atoms with Crippen molar-refractivity contribution in [2.24, 2.45) is 0 Å². The molecule has 1 unspecified atom stereocenters. The normalized spacial score (nSPS) is 16.2. The van der Waals surface area contributed by atoms with E-state index in [1.807, 2.05) is 36.6 Å². The molecule has 4 rings (SSSR count). The number of benzene rings is 1. The summed E-state index contributed by atoms with van der Waals surface area (Å²) in [5.74, 6) is -0.551. The van der Waals surface area contributed by atoms with E-state index >= 15 is 0 Å².